The number of nitrogen functional groups attached to an aromatic ring is 1. The first-order valence-electron chi connectivity index (χ1n) is 2.97. The molecule has 0 amide bonds. The van der Waals surface area contributed by atoms with Crippen LogP contribution in [0.5, 0.6) is 5.75 Å². The van der Waals surface area contributed by atoms with Crippen LogP contribution in [0, 0.1) is 5.82 Å². The molecule has 0 saturated heterocycles. The Bertz CT molecular complexity index is 277. The molecule has 1 aromatic carbocycles. The van der Waals surface area contributed by atoms with E-state index < -0.39 is 5.82 Å². The Kier molecular flexibility index (Phi) is 2.24. The third-order valence-corrected chi connectivity index (χ3v) is 1.73. The van der Waals surface area contributed by atoms with E-state index in [0.29, 0.717) is 4.90 Å². The van der Waals surface area contributed by atoms with Crippen molar-refractivity contribution in [1.29, 1.82) is 0 Å². The van der Waals surface area contributed by atoms with Crippen LogP contribution < -0.4 is 10.5 Å². The van der Waals surface area contributed by atoms with E-state index in [2.05, 4.69) is 12.6 Å². The van der Waals surface area contributed by atoms with Crippen molar-refractivity contribution in [3.8, 4) is 5.75 Å². The standard InChI is InChI=1S/C7H8FNOS/c1-10-4-2-3-5(11)7(9)6(4)8/h2-3,11H,9H2,1H3. The van der Waals surface area contributed by atoms with E-state index in [4.69, 9.17) is 10.5 Å². The predicted octanol–water partition coefficient (Wildman–Crippen LogP) is 1.71. The summed E-state index contributed by atoms with van der Waals surface area (Å²) in [5, 5.41) is 0. The molecule has 2 nitrogen and oxygen atoms in total. The van der Waals surface area contributed by atoms with Crippen molar-refractivity contribution in [2.45, 2.75) is 4.90 Å². The van der Waals surface area contributed by atoms with Crippen LogP contribution in [0.15, 0.2) is 17.0 Å². The summed E-state index contributed by atoms with van der Waals surface area (Å²) in [6.45, 7) is 0. The molecule has 4 heteroatoms. The molecule has 0 atom stereocenters. The summed E-state index contributed by atoms with van der Waals surface area (Å²) in [5.74, 6) is -0.416. The van der Waals surface area contributed by atoms with Crippen molar-refractivity contribution in [2.24, 2.45) is 0 Å². The fourth-order valence-electron chi connectivity index (χ4n) is 0.720. The van der Waals surface area contributed by atoms with E-state index in [1.54, 1.807) is 6.07 Å². The van der Waals surface area contributed by atoms with Gasteiger partial charge in [-0.15, -0.1) is 12.6 Å². The van der Waals surface area contributed by atoms with Gasteiger partial charge in [0.25, 0.3) is 0 Å². The monoisotopic (exact) mass is 173 g/mol. The van der Waals surface area contributed by atoms with Gasteiger partial charge < -0.3 is 10.5 Å². The van der Waals surface area contributed by atoms with Crippen LogP contribution >= 0.6 is 12.6 Å². The van der Waals surface area contributed by atoms with E-state index in [1.807, 2.05) is 0 Å². The molecule has 0 bridgehead atoms. The average molecular weight is 173 g/mol. The Morgan fingerprint density at radius 2 is 2.18 bits per heavy atom. The Hall–Kier alpha value is -0.900. The third-order valence-electron chi connectivity index (χ3n) is 1.34. The summed E-state index contributed by atoms with van der Waals surface area (Å²) in [6.07, 6.45) is 0. The number of thiol groups is 1. The number of nitrogens with two attached hydrogens (primary N) is 1. The first-order chi connectivity index (χ1) is 5.16. The van der Waals surface area contributed by atoms with Gasteiger partial charge in [-0.05, 0) is 12.1 Å². The van der Waals surface area contributed by atoms with Crippen molar-refractivity contribution in [3.05, 3.63) is 17.9 Å². The second-order valence-corrected chi connectivity index (χ2v) is 2.50. The van der Waals surface area contributed by atoms with Gasteiger partial charge >= 0.3 is 0 Å². The first-order valence-corrected chi connectivity index (χ1v) is 3.42. The van der Waals surface area contributed by atoms with Crippen LogP contribution in [0.1, 0.15) is 0 Å². The maximum atomic E-state index is 13.0. The third kappa shape index (κ3) is 1.40. The highest BCUT2D eigenvalue weighted by Gasteiger charge is 2.07. The molecule has 1 rings (SSSR count). The van der Waals surface area contributed by atoms with Gasteiger partial charge in [0.05, 0.1) is 12.8 Å². The van der Waals surface area contributed by atoms with Gasteiger partial charge in [-0.2, -0.15) is 0 Å². The quantitative estimate of drug-likeness (QED) is 0.501. The first kappa shape index (κ1) is 8.20. The van der Waals surface area contributed by atoms with Crippen molar-refractivity contribution in [2.75, 3.05) is 12.8 Å². The number of hydrogen-bond acceptors (Lipinski definition) is 3. The Balaban J connectivity index is 3.25. The van der Waals surface area contributed by atoms with Crippen molar-refractivity contribution in [1.82, 2.24) is 0 Å². The van der Waals surface area contributed by atoms with Crippen LogP contribution in [-0.4, -0.2) is 7.11 Å². The Morgan fingerprint density at radius 1 is 1.55 bits per heavy atom. The molecule has 0 fully saturated rings. The number of anilines is 1. The zero-order valence-corrected chi connectivity index (χ0v) is 6.86. The van der Waals surface area contributed by atoms with Gasteiger partial charge in [0.2, 0.25) is 0 Å². The molecular weight excluding hydrogens is 165 g/mol. The minimum atomic E-state index is -0.556. The topological polar surface area (TPSA) is 35.2 Å². The van der Waals surface area contributed by atoms with Crippen LogP contribution in [0.2, 0.25) is 0 Å². The molecule has 1 aromatic rings. The van der Waals surface area contributed by atoms with Crippen molar-refractivity contribution < 1.29 is 9.13 Å². The lowest BCUT2D eigenvalue weighted by molar-refractivity contribution is 0.387. The zero-order valence-electron chi connectivity index (χ0n) is 5.97. The summed E-state index contributed by atoms with van der Waals surface area (Å²) in [5.41, 5.74) is 5.35. The van der Waals surface area contributed by atoms with E-state index in [-0.39, 0.29) is 11.4 Å². The molecule has 60 valence electrons. The lowest BCUT2D eigenvalue weighted by Gasteiger charge is -2.04. The highest BCUT2D eigenvalue weighted by Crippen LogP contribution is 2.27. The summed E-state index contributed by atoms with van der Waals surface area (Å²) in [6, 6.07) is 3.06. The van der Waals surface area contributed by atoms with Crippen molar-refractivity contribution in [3.63, 3.8) is 0 Å². The van der Waals surface area contributed by atoms with E-state index >= 15 is 0 Å². The molecular formula is C7H8FNOS. The van der Waals surface area contributed by atoms with Crippen LogP contribution in [-0.2, 0) is 0 Å². The SMILES string of the molecule is COc1ccc(S)c(N)c1F. The number of benzene rings is 1. The minimum Gasteiger partial charge on any atom is -0.494 e. The highest BCUT2D eigenvalue weighted by atomic mass is 32.1. The van der Waals surface area contributed by atoms with Gasteiger partial charge in [-0.25, -0.2) is 4.39 Å². The summed E-state index contributed by atoms with van der Waals surface area (Å²) >= 11 is 3.93. The molecule has 0 aliphatic carbocycles. The highest BCUT2D eigenvalue weighted by molar-refractivity contribution is 7.80. The number of methoxy groups -OCH3 is 1. The van der Waals surface area contributed by atoms with E-state index in [0.717, 1.165) is 0 Å². The van der Waals surface area contributed by atoms with Crippen LogP contribution in [0.4, 0.5) is 10.1 Å². The van der Waals surface area contributed by atoms with E-state index in [1.165, 1.54) is 13.2 Å². The lowest BCUT2D eigenvalue weighted by Crippen LogP contribution is -1.95. The maximum absolute atomic E-state index is 13.0. The minimum absolute atomic E-state index is 0.0210. The molecule has 0 heterocycles. The zero-order chi connectivity index (χ0) is 8.43. The Labute approximate surface area is 69.6 Å². The molecule has 2 N–H and O–H groups in total. The maximum Gasteiger partial charge on any atom is 0.188 e. The summed E-state index contributed by atoms with van der Waals surface area (Å²) < 4.78 is 17.7. The second-order valence-electron chi connectivity index (χ2n) is 2.01. The lowest BCUT2D eigenvalue weighted by atomic mass is 10.3. The van der Waals surface area contributed by atoms with Gasteiger partial charge in [-0.3, -0.25) is 0 Å². The normalized spacial score (nSPS) is 9.73. The molecule has 0 aliphatic rings. The van der Waals surface area contributed by atoms with E-state index in [9.17, 15) is 4.39 Å². The van der Waals surface area contributed by atoms with Gasteiger partial charge in [0.1, 0.15) is 0 Å². The number of rotatable bonds is 1. The molecule has 0 unspecified atom stereocenters. The summed E-state index contributed by atoms with van der Waals surface area (Å²) in [7, 11) is 1.38. The van der Waals surface area contributed by atoms with Crippen molar-refractivity contribution >= 4 is 18.3 Å². The number of hydrogen-bond donors (Lipinski definition) is 2. The van der Waals surface area contributed by atoms with Gasteiger partial charge in [-0.1, -0.05) is 0 Å². The summed E-state index contributed by atoms with van der Waals surface area (Å²) in [4.78, 5) is 0.420. The molecule has 11 heavy (non-hydrogen) atoms. The molecule has 0 saturated carbocycles. The number of ether oxygens (including phenoxy) is 1. The smallest absolute Gasteiger partial charge is 0.188 e. The van der Waals surface area contributed by atoms with Gasteiger partial charge in [0, 0.05) is 4.90 Å². The fraction of sp³-hybridized carbons (Fsp3) is 0.143. The second kappa shape index (κ2) is 3.00. The average Bonchev–Trinajstić information content (AvgIpc) is 2.01. The Morgan fingerprint density at radius 3 is 2.73 bits per heavy atom. The van der Waals surface area contributed by atoms with Crippen LogP contribution in [0.3, 0.4) is 0 Å². The van der Waals surface area contributed by atoms with Crippen LogP contribution in [0.25, 0.3) is 0 Å². The molecule has 0 aliphatic heterocycles. The predicted molar refractivity (Wildman–Crippen MR) is 44.6 cm³/mol. The fourth-order valence-corrected chi connectivity index (χ4v) is 0.893. The molecule has 0 radical (unpaired) electrons. The largest absolute Gasteiger partial charge is 0.494 e. The van der Waals surface area contributed by atoms with Gasteiger partial charge in [0.15, 0.2) is 11.6 Å². The molecule has 0 aromatic heterocycles. The number of halogens is 1. The molecule has 0 spiro atoms.